The van der Waals surface area contributed by atoms with Gasteiger partial charge in [-0.3, -0.25) is 9.78 Å². The van der Waals surface area contributed by atoms with E-state index in [4.69, 9.17) is 4.74 Å². The molecule has 1 aliphatic heterocycles. The van der Waals surface area contributed by atoms with Gasteiger partial charge < -0.3 is 15.0 Å². The van der Waals surface area contributed by atoms with Crippen molar-refractivity contribution in [2.24, 2.45) is 0 Å². The lowest BCUT2D eigenvalue weighted by atomic mass is 10.1. The van der Waals surface area contributed by atoms with Gasteiger partial charge in [-0.25, -0.2) is 0 Å². The zero-order valence-corrected chi connectivity index (χ0v) is 18.0. The number of halogens is 1. The first kappa shape index (κ1) is 23.2. The number of rotatable bonds is 8. The normalized spacial score (nSPS) is 16.4. The number of aryl methyl sites for hydroxylation is 1. The summed E-state index contributed by atoms with van der Waals surface area (Å²) in [5.74, 6) is 1.07. The fourth-order valence-corrected chi connectivity index (χ4v) is 3.66. The Kier molecular flexibility index (Phi) is 9.95. The molecule has 0 radical (unpaired) electrons. The third-order valence-corrected chi connectivity index (χ3v) is 5.16. The number of benzene rings is 1. The second-order valence-electron chi connectivity index (χ2n) is 7.45. The number of nitrogens with one attached hydrogen (secondary N) is 1. The first-order valence-corrected chi connectivity index (χ1v) is 10.3. The van der Waals surface area contributed by atoms with Crippen molar-refractivity contribution in [3.8, 4) is 5.75 Å². The Bertz CT molecular complexity index is 734. The monoisotopic (exact) mass is 417 g/mol. The van der Waals surface area contributed by atoms with Crippen LogP contribution in [0.1, 0.15) is 43.4 Å². The van der Waals surface area contributed by atoms with E-state index < -0.39 is 0 Å². The maximum atomic E-state index is 13.0. The predicted octanol–water partition coefficient (Wildman–Crippen LogP) is 4.14. The third kappa shape index (κ3) is 7.67. The molecule has 0 bridgehead atoms. The Morgan fingerprint density at radius 1 is 1.21 bits per heavy atom. The van der Waals surface area contributed by atoms with Gasteiger partial charge in [0, 0.05) is 18.7 Å². The molecule has 1 amide bonds. The summed E-state index contributed by atoms with van der Waals surface area (Å²) < 4.78 is 5.81. The molecule has 0 aliphatic carbocycles. The fourth-order valence-electron chi connectivity index (χ4n) is 3.66. The Balaban J connectivity index is 0.00000300. The van der Waals surface area contributed by atoms with Crippen molar-refractivity contribution < 1.29 is 9.53 Å². The van der Waals surface area contributed by atoms with Gasteiger partial charge in [-0.15, -0.1) is 12.4 Å². The van der Waals surface area contributed by atoms with Crippen LogP contribution in [0.4, 0.5) is 0 Å². The first-order chi connectivity index (χ1) is 13.7. The molecule has 5 nitrogen and oxygen atoms in total. The SMILES string of the molecule is Cc1cccc(OCCCC(=O)N(Cc2ccccn2)C2CCCNCC2)c1.Cl. The largest absolute Gasteiger partial charge is 0.494 e. The molecule has 2 heterocycles. The van der Waals surface area contributed by atoms with Gasteiger partial charge in [0.1, 0.15) is 5.75 Å². The van der Waals surface area contributed by atoms with E-state index in [0.717, 1.165) is 50.2 Å². The van der Waals surface area contributed by atoms with Gasteiger partial charge in [0.2, 0.25) is 5.91 Å². The molecule has 1 unspecified atom stereocenters. The van der Waals surface area contributed by atoms with E-state index in [-0.39, 0.29) is 24.4 Å². The molecule has 1 fully saturated rings. The van der Waals surface area contributed by atoms with Crippen LogP contribution in [0, 0.1) is 6.92 Å². The number of hydrogen-bond acceptors (Lipinski definition) is 4. The molecule has 1 aromatic carbocycles. The summed E-state index contributed by atoms with van der Waals surface area (Å²) in [6, 6.07) is 14.2. The second kappa shape index (κ2) is 12.5. The van der Waals surface area contributed by atoms with E-state index in [2.05, 4.69) is 10.3 Å². The lowest BCUT2D eigenvalue weighted by Crippen LogP contribution is -2.40. The number of nitrogens with zero attached hydrogens (tertiary/aromatic N) is 2. The molecule has 158 valence electrons. The maximum Gasteiger partial charge on any atom is 0.223 e. The second-order valence-corrected chi connectivity index (χ2v) is 7.45. The summed E-state index contributed by atoms with van der Waals surface area (Å²) in [6.45, 7) is 5.19. The number of ether oxygens (including phenoxy) is 1. The van der Waals surface area contributed by atoms with E-state index in [0.29, 0.717) is 19.6 Å². The summed E-state index contributed by atoms with van der Waals surface area (Å²) in [5.41, 5.74) is 2.13. The number of aromatic nitrogens is 1. The molecule has 0 spiro atoms. The molecule has 1 aromatic heterocycles. The minimum Gasteiger partial charge on any atom is -0.494 e. The minimum absolute atomic E-state index is 0. The van der Waals surface area contributed by atoms with E-state index in [1.807, 2.05) is 54.3 Å². The number of amides is 1. The van der Waals surface area contributed by atoms with Crippen LogP contribution in [0.2, 0.25) is 0 Å². The number of carbonyl (C=O) groups is 1. The lowest BCUT2D eigenvalue weighted by Gasteiger charge is -2.31. The van der Waals surface area contributed by atoms with E-state index >= 15 is 0 Å². The van der Waals surface area contributed by atoms with Gasteiger partial charge in [-0.2, -0.15) is 0 Å². The molecular weight excluding hydrogens is 386 g/mol. The lowest BCUT2D eigenvalue weighted by molar-refractivity contribution is -0.134. The fraction of sp³-hybridized carbons (Fsp3) is 0.478. The van der Waals surface area contributed by atoms with Crippen LogP contribution in [0.3, 0.4) is 0 Å². The first-order valence-electron chi connectivity index (χ1n) is 10.3. The van der Waals surface area contributed by atoms with Crippen molar-refractivity contribution in [1.82, 2.24) is 15.2 Å². The van der Waals surface area contributed by atoms with Crippen molar-refractivity contribution in [2.45, 2.75) is 51.6 Å². The van der Waals surface area contributed by atoms with Crippen LogP contribution in [0.5, 0.6) is 5.75 Å². The van der Waals surface area contributed by atoms with Crippen molar-refractivity contribution in [1.29, 1.82) is 0 Å². The van der Waals surface area contributed by atoms with Crippen LogP contribution in [-0.4, -0.2) is 41.5 Å². The average molecular weight is 418 g/mol. The highest BCUT2D eigenvalue weighted by atomic mass is 35.5. The highest BCUT2D eigenvalue weighted by molar-refractivity contribution is 5.85. The van der Waals surface area contributed by atoms with Crippen molar-refractivity contribution >= 4 is 18.3 Å². The number of carbonyl (C=O) groups excluding carboxylic acids is 1. The Labute approximate surface area is 180 Å². The average Bonchev–Trinajstić information content (AvgIpc) is 2.99. The number of pyridine rings is 1. The quantitative estimate of drug-likeness (QED) is 0.656. The standard InChI is InChI=1S/C23H31N3O2.ClH/c1-19-7-4-10-22(17-19)28-16-6-11-23(27)26(18-20-8-2-3-14-25-20)21-9-5-13-24-15-12-21;/h2-4,7-8,10,14,17,21,24H,5-6,9,11-13,15-16,18H2,1H3;1H. The predicted molar refractivity (Wildman–Crippen MR) is 118 cm³/mol. The Morgan fingerprint density at radius 2 is 2.10 bits per heavy atom. The van der Waals surface area contributed by atoms with Gasteiger partial charge >= 0.3 is 0 Å². The highest BCUT2D eigenvalue weighted by Crippen LogP contribution is 2.18. The number of hydrogen-bond donors (Lipinski definition) is 1. The van der Waals surface area contributed by atoms with Crippen molar-refractivity contribution in [2.75, 3.05) is 19.7 Å². The summed E-state index contributed by atoms with van der Waals surface area (Å²) in [7, 11) is 0. The molecular formula is C23H32ClN3O2. The Hall–Kier alpha value is -2.11. The third-order valence-electron chi connectivity index (χ3n) is 5.16. The van der Waals surface area contributed by atoms with Crippen LogP contribution >= 0.6 is 12.4 Å². The summed E-state index contributed by atoms with van der Waals surface area (Å²) in [4.78, 5) is 19.5. The zero-order chi connectivity index (χ0) is 19.6. The molecule has 6 heteroatoms. The van der Waals surface area contributed by atoms with Crippen molar-refractivity contribution in [3.05, 3.63) is 59.9 Å². The topological polar surface area (TPSA) is 54.5 Å². The minimum atomic E-state index is 0. The van der Waals surface area contributed by atoms with Gasteiger partial charge in [-0.1, -0.05) is 18.2 Å². The van der Waals surface area contributed by atoms with Gasteiger partial charge in [0.25, 0.3) is 0 Å². The zero-order valence-electron chi connectivity index (χ0n) is 17.2. The van der Waals surface area contributed by atoms with Gasteiger partial charge in [0.05, 0.1) is 18.8 Å². The Morgan fingerprint density at radius 3 is 2.90 bits per heavy atom. The summed E-state index contributed by atoms with van der Waals surface area (Å²) in [6.07, 6.45) is 6.16. The molecule has 1 N–H and O–H groups in total. The van der Waals surface area contributed by atoms with Crippen LogP contribution in [0.25, 0.3) is 0 Å². The van der Waals surface area contributed by atoms with Crippen LogP contribution in [0.15, 0.2) is 48.7 Å². The summed E-state index contributed by atoms with van der Waals surface area (Å²) >= 11 is 0. The van der Waals surface area contributed by atoms with E-state index in [1.54, 1.807) is 6.20 Å². The molecule has 0 saturated carbocycles. The molecule has 1 aliphatic rings. The van der Waals surface area contributed by atoms with Crippen LogP contribution in [-0.2, 0) is 11.3 Å². The molecule has 1 saturated heterocycles. The highest BCUT2D eigenvalue weighted by Gasteiger charge is 2.24. The van der Waals surface area contributed by atoms with Gasteiger partial charge in [-0.05, 0) is 75.5 Å². The molecule has 2 aromatic rings. The van der Waals surface area contributed by atoms with Crippen molar-refractivity contribution in [3.63, 3.8) is 0 Å². The van der Waals surface area contributed by atoms with Gasteiger partial charge in [0.15, 0.2) is 0 Å². The molecule has 3 rings (SSSR count). The summed E-state index contributed by atoms with van der Waals surface area (Å²) in [5, 5.41) is 3.44. The van der Waals surface area contributed by atoms with Crippen LogP contribution < -0.4 is 10.1 Å². The molecule has 29 heavy (non-hydrogen) atoms. The maximum absolute atomic E-state index is 13.0. The van der Waals surface area contributed by atoms with E-state index in [9.17, 15) is 4.79 Å². The van der Waals surface area contributed by atoms with E-state index in [1.165, 1.54) is 5.56 Å². The smallest absolute Gasteiger partial charge is 0.223 e. The molecule has 1 atom stereocenters.